The van der Waals surface area contributed by atoms with E-state index in [9.17, 15) is 0 Å². The van der Waals surface area contributed by atoms with Crippen LogP contribution in [0.2, 0.25) is 0 Å². The average molecular weight is 363 g/mol. The number of aromatic nitrogens is 1. The maximum absolute atomic E-state index is 6.10. The van der Waals surface area contributed by atoms with Crippen molar-refractivity contribution in [3.63, 3.8) is 0 Å². The van der Waals surface area contributed by atoms with E-state index >= 15 is 0 Å². The summed E-state index contributed by atoms with van der Waals surface area (Å²) in [6.45, 7) is 1.57. The first-order valence-corrected chi connectivity index (χ1v) is 10.0. The van der Waals surface area contributed by atoms with Crippen molar-refractivity contribution in [3.8, 4) is 0 Å². The minimum absolute atomic E-state index is 0.178. The summed E-state index contributed by atoms with van der Waals surface area (Å²) in [5, 5.41) is 1.26. The first kappa shape index (κ1) is 18.3. The number of fused-ring (bicyclic) bond motifs is 1. The number of hydrogen-bond acceptors (Lipinski definition) is 2. The summed E-state index contributed by atoms with van der Waals surface area (Å²) in [5.41, 5.74) is 4.07. The van der Waals surface area contributed by atoms with E-state index < -0.39 is 0 Å². The summed E-state index contributed by atoms with van der Waals surface area (Å²) < 4.78 is 6.10. The van der Waals surface area contributed by atoms with Gasteiger partial charge in [0.05, 0.1) is 6.61 Å². The van der Waals surface area contributed by atoms with Crippen molar-refractivity contribution in [1.82, 2.24) is 9.88 Å². The van der Waals surface area contributed by atoms with E-state index in [0.29, 0.717) is 12.5 Å². The summed E-state index contributed by atoms with van der Waals surface area (Å²) >= 11 is 0. The monoisotopic (exact) mass is 362 g/mol. The first-order chi connectivity index (χ1) is 13.2. The zero-order valence-corrected chi connectivity index (χ0v) is 16.4. The van der Waals surface area contributed by atoms with Crippen LogP contribution in [0.1, 0.15) is 36.8 Å². The topological polar surface area (TPSA) is 28.3 Å². The molecule has 27 heavy (non-hydrogen) atoms. The Morgan fingerprint density at radius 3 is 2.56 bits per heavy atom. The highest BCUT2D eigenvalue weighted by Gasteiger charge is 2.38. The highest BCUT2D eigenvalue weighted by Crippen LogP contribution is 2.43. The van der Waals surface area contributed by atoms with Gasteiger partial charge >= 0.3 is 0 Å². The van der Waals surface area contributed by atoms with Gasteiger partial charge in [-0.1, -0.05) is 36.4 Å². The summed E-state index contributed by atoms with van der Waals surface area (Å²) in [6, 6.07) is 19.6. The van der Waals surface area contributed by atoms with Crippen LogP contribution in [0, 0.1) is 5.92 Å². The molecule has 0 aliphatic heterocycles. The lowest BCUT2D eigenvalue weighted by molar-refractivity contribution is 0.0288. The van der Waals surface area contributed by atoms with E-state index in [1.165, 1.54) is 47.7 Å². The average Bonchev–Trinajstić information content (AvgIpc) is 3.17. The molecule has 142 valence electrons. The number of H-pyrrole nitrogens is 1. The molecule has 3 heteroatoms. The van der Waals surface area contributed by atoms with E-state index in [2.05, 4.69) is 78.6 Å². The van der Waals surface area contributed by atoms with Crippen LogP contribution >= 0.6 is 0 Å². The van der Waals surface area contributed by atoms with Gasteiger partial charge < -0.3 is 9.72 Å². The number of aromatic amines is 1. The Labute approximate surface area is 162 Å². The molecule has 2 aromatic carbocycles. The van der Waals surface area contributed by atoms with Crippen molar-refractivity contribution in [3.05, 3.63) is 71.9 Å². The summed E-state index contributed by atoms with van der Waals surface area (Å²) in [5.74, 6) is 0.665. The maximum Gasteiger partial charge on any atom is 0.0717 e. The molecule has 0 unspecified atom stereocenters. The van der Waals surface area contributed by atoms with Crippen LogP contribution in [-0.2, 0) is 16.9 Å². The molecule has 1 aliphatic rings. The number of rotatable bonds is 6. The zero-order chi connectivity index (χ0) is 18.7. The van der Waals surface area contributed by atoms with E-state index in [1.807, 2.05) is 6.20 Å². The van der Waals surface area contributed by atoms with Gasteiger partial charge in [0.1, 0.15) is 0 Å². The Hall–Kier alpha value is -2.10. The molecule has 0 radical (unpaired) electrons. The van der Waals surface area contributed by atoms with Crippen molar-refractivity contribution in [2.45, 2.75) is 37.8 Å². The molecule has 1 saturated carbocycles. The zero-order valence-electron chi connectivity index (χ0n) is 16.4. The van der Waals surface area contributed by atoms with Crippen LogP contribution < -0.4 is 0 Å². The fraction of sp³-hybridized carbons (Fsp3) is 0.417. The van der Waals surface area contributed by atoms with E-state index in [1.54, 1.807) is 0 Å². The standard InChI is InChI=1S/C24H30N2O/c1-26(2)24(22-6-4-3-5-7-22)13-10-19(11-14-24)17-27-18-20-8-9-23-21(16-20)12-15-25-23/h3-9,12,15-16,19,25H,10-11,13-14,17-18H2,1-2H3. The highest BCUT2D eigenvalue weighted by molar-refractivity contribution is 5.79. The predicted molar refractivity (Wildman–Crippen MR) is 112 cm³/mol. The lowest BCUT2D eigenvalue weighted by Crippen LogP contribution is -2.44. The molecule has 0 atom stereocenters. The Balaban J connectivity index is 1.32. The van der Waals surface area contributed by atoms with Gasteiger partial charge in [-0.3, -0.25) is 4.90 Å². The normalized spacial score (nSPS) is 23.1. The molecule has 1 aromatic heterocycles. The van der Waals surface area contributed by atoms with Gasteiger partial charge in [0.2, 0.25) is 0 Å². The van der Waals surface area contributed by atoms with Crippen LogP contribution in [0.25, 0.3) is 10.9 Å². The van der Waals surface area contributed by atoms with Crippen LogP contribution in [0.15, 0.2) is 60.8 Å². The number of ether oxygens (including phenoxy) is 1. The van der Waals surface area contributed by atoms with Crippen LogP contribution in [-0.4, -0.2) is 30.6 Å². The first-order valence-electron chi connectivity index (χ1n) is 10.0. The second kappa shape index (κ2) is 7.87. The molecular weight excluding hydrogens is 332 g/mol. The number of nitrogens with zero attached hydrogens (tertiary/aromatic N) is 1. The quantitative estimate of drug-likeness (QED) is 0.642. The molecule has 4 rings (SSSR count). The molecular formula is C24H30N2O. The Bertz CT molecular complexity index is 860. The fourth-order valence-corrected chi connectivity index (χ4v) is 4.60. The van der Waals surface area contributed by atoms with Crippen molar-refractivity contribution < 1.29 is 4.74 Å². The van der Waals surface area contributed by atoms with E-state index in [4.69, 9.17) is 4.74 Å². The van der Waals surface area contributed by atoms with Gasteiger partial charge in [-0.2, -0.15) is 0 Å². The number of hydrogen-bond donors (Lipinski definition) is 1. The highest BCUT2D eigenvalue weighted by atomic mass is 16.5. The van der Waals surface area contributed by atoms with Crippen LogP contribution in [0.3, 0.4) is 0 Å². The van der Waals surface area contributed by atoms with Crippen molar-refractivity contribution >= 4 is 10.9 Å². The summed E-state index contributed by atoms with van der Waals surface area (Å²) in [4.78, 5) is 5.66. The molecule has 0 saturated heterocycles. The SMILES string of the molecule is CN(C)C1(c2ccccc2)CCC(COCc2ccc3[nH]ccc3c2)CC1. The smallest absolute Gasteiger partial charge is 0.0717 e. The minimum Gasteiger partial charge on any atom is -0.376 e. The minimum atomic E-state index is 0.178. The summed E-state index contributed by atoms with van der Waals surface area (Å²) in [7, 11) is 4.45. The number of benzene rings is 2. The van der Waals surface area contributed by atoms with Crippen molar-refractivity contribution in [2.24, 2.45) is 5.92 Å². The van der Waals surface area contributed by atoms with Gasteiger partial charge in [-0.25, -0.2) is 0 Å². The molecule has 1 N–H and O–H groups in total. The third kappa shape index (κ3) is 3.80. The summed E-state index contributed by atoms with van der Waals surface area (Å²) in [6.07, 6.45) is 6.84. The fourth-order valence-electron chi connectivity index (χ4n) is 4.60. The Morgan fingerprint density at radius 2 is 1.81 bits per heavy atom. The van der Waals surface area contributed by atoms with Gasteiger partial charge in [0.15, 0.2) is 0 Å². The Kier molecular flexibility index (Phi) is 5.33. The largest absolute Gasteiger partial charge is 0.376 e. The second-order valence-corrected chi connectivity index (χ2v) is 8.15. The van der Waals surface area contributed by atoms with E-state index in [0.717, 1.165) is 6.61 Å². The van der Waals surface area contributed by atoms with E-state index in [-0.39, 0.29) is 5.54 Å². The van der Waals surface area contributed by atoms with Gasteiger partial charge in [0.25, 0.3) is 0 Å². The molecule has 1 aliphatic carbocycles. The molecule has 1 fully saturated rings. The lowest BCUT2D eigenvalue weighted by Gasteiger charge is -2.45. The van der Waals surface area contributed by atoms with Crippen molar-refractivity contribution in [2.75, 3.05) is 20.7 Å². The van der Waals surface area contributed by atoms with Crippen LogP contribution in [0.5, 0.6) is 0 Å². The second-order valence-electron chi connectivity index (χ2n) is 8.15. The van der Waals surface area contributed by atoms with Gasteiger partial charge in [0, 0.05) is 23.9 Å². The lowest BCUT2D eigenvalue weighted by atomic mass is 9.72. The molecule has 0 spiro atoms. The van der Waals surface area contributed by atoms with Gasteiger partial charge in [-0.15, -0.1) is 0 Å². The molecule has 3 aromatic rings. The molecule has 3 nitrogen and oxygen atoms in total. The maximum atomic E-state index is 6.10. The third-order valence-electron chi connectivity index (χ3n) is 6.34. The molecule has 0 bridgehead atoms. The number of nitrogens with one attached hydrogen (secondary N) is 1. The third-order valence-corrected chi connectivity index (χ3v) is 6.34. The predicted octanol–water partition coefficient (Wildman–Crippen LogP) is 5.33. The van der Waals surface area contributed by atoms with Crippen LogP contribution in [0.4, 0.5) is 0 Å². The van der Waals surface area contributed by atoms with Crippen molar-refractivity contribution in [1.29, 1.82) is 0 Å². The molecule has 1 heterocycles. The van der Waals surface area contributed by atoms with Gasteiger partial charge in [-0.05, 0) is 80.4 Å². The molecule has 0 amide bonds. The Morgan fingerprint density at radius 1 is 1.04 bits per heavy atom.